The van der Waals surface area contributed by atoms with Crippen molar-refractivity contribution < 1.29 is 37.5 Å². The Kier molecular flexibility index (Phi) is 8.47. The molecule has 200 valence electrons. The molecule has 2 saturated heterocycles. The van der Waals surface area contributed by atoms with Gasteiger partial charge in [-0.1, -0.05) is 0 Å². The van der Waals surface area contributed by atoms with Gasteiger partial charge < -0.3 is 19.3 Å². The van der Waals surface area contributed by atoms with E-state index in [2.05, 4.69) is 0 Å². The zero-order valence-corrected chi connectivity index (χ0v) is 21.8. The monoisotopic (exact) mass is 526 g/mol. The van der Waals surface area contributed by atoms with Crippen LogP contribution in [-0.2, 0) is 24.3 Å². The molecule has 0 spiro atoms. The first-order valence-electron chi connectivity index (χ1n) is 11.7. The van der Waals surface area contributed by atoms with E-state index in [1.54, 1.807) is 30.6 Å². The summed E-state index contributed by atoms with van der Waals surface area (Å²) in [4.78, 5) is 41.1. The summed E-state index contributed by atoms with van der Waals surface area (Å²) in [6, 6.07) is 4.50. The smallest absolute Gasteiger partial charge is 0.410 e. The number of sulfonamides is 1. The molecule has 0 unspecified atom stereocenters. The van der Waals surface area contributed by atoms with Crippen molar-refractivity contribution in [3.05, 3.63) is 24.3 Å². The zero-order valence-electron chi connectivity index (χ0n) is 21.0. The summed E-state index contributed by atoms with van der Waals surface area (Å²) in [5, 5.41) is 9.26. The number of piperazine rings is 1. The Morgan fingerprint density at radius 2 is 1.58 bits per heavy atom. The van der Waals surface area contributed by atoms with Gasteiger partial charge in [-0.2, -0.15) is 4.31 Å². The first-order chi connectivity index (χ1) is 16.9. The van der Waals surface area contributed by atoms with Gasteiger partial charge in [-0.15, -0.1) is 0 Å². The fourth-order valence-electron chi connectivity index (χ4n) is 4.35. The van der Waals surface area contributed by atoms with Gasteiger partial charge in [-0.25, -0.2) is 18.7 Å². The molecule has 0 aliphatic carbocycles. The van der Waals surface area contributed by atoms with Crippen molar-refractivity contribution in [2.24, 2.45) is 5.92 Å². The minimum atomic E-state index is -4.07. The summed E-state index contributed by atoms with van der Waals surface area (Å²) in [5.41, 5.74) is 0.916. The van der Waals surface area contributed by atoms with Crippen LogP contribution < -0.4 is 10.2 Å². The Balaban J connectivity index is 1.68. The molecule has 0 bridgehead atoms. The van der Waals surface area contributed by atoms with Crippen LogP contribution in [0.3, 0.4) is 0 Å². The van der Waals surface area contributed by atoms with E-state index < -0.39 is 39.6 Å². The number of hydrogen-bond acceptors (Lipinski definition) is 8. The SMILES string of the molecule is COc1ccc(S(=O)(=O)N2CC[C@@H](C(=O)N3CCN(C(=O)OC(C)(C)C)CC3)C[C@@H]2C(=O)NO)cc1. The Morgan fingerprint density at radius 3 is 2.11 bits per heavy atom. The van der Waals surface area contributed by atoms with Crippen molar-refractivity contribution in [2.45, 2.75) is 50.2 Å². The molecule has 2 atom stereocenters. The molecule has 2 aliphatic rings. The number of amides is 3. The van der Waals surface area contributed by atoms with Gasteiger partial charge in [0.25, 0.3) is 5.91 Å². The van der Waals surface area contributed by atoms with E-state index in [-0.39, 0.29) is 30.2 Å². The molecular weight excluding hydrogens is 492 g/mol. The predicted molar refractivity (Wildman–Crippen MR) is 128 cm³/mol. The molecule has 12 nitrogen and oxygen atoms in total. The third kappa shape index (κ3) is 6.26. The summed E-state index contributed by atoms with van der Waals surface area (Å²) in [5.74, 6) is -1.24. The van der Waals surface area contributed by atoms with Gasteiger partial charge in [0, 0.05) is 38.6 Å². The number of rotatable bonds is 5. The second-order valence-corrected chi connectivity index (χ2v) is 11.7. The number of methoxy groups -OCH3 is 1. The van der Waals surface area contributed by atoms with Crippen LogP contribution in [0.2, 0.25) is 0 Å². The number of ether oxygens (including phenoxy) is 2. The average molecular weight is 527 g/mol. The minimum Gasteiger partial charge on any atom is -0.497 e. The molecule has 2 aliphatic heterocycles. The van der Waals surface area contributed by atoms with Gasteiger partial charge >= 0.3 is 6.09 Å². The number of hydrogen-bond donors (Lipinski definition) is 2. The molecule has 2 heterocycles. The Morgan fingerprint density at radius 1 is 1.00 bits per heavy atom. The number of nitrogens with one attached hydrogen (secondary N) is 1. The summed E-state index contributed by atoms with van der Waals surface area (Å²) in [6.07, 6.45) is -0.297. The van der Waals surface area contributed by atoms with Gasteiger partial charge in [-0.05, 0) is 57.9 Å². The van der Waals surface area contributed by atoms with Gasteiger partial charge in [0.05, 0.1) is 12.0 Å². The molecule has 0 radical (unpaired) electrons. The topological polar surface area (TPSA) is 146 Å². The third-order valence-electron chi connectivity index (χ3n) is 6.22. The molecule has 36 heavy (non-hydrogen) atoms. The highest BCUT2D eigenvalue weighted by molar-refractivity contribution is 7.89. The number of hydroxylamine groups is 1. The molecule has 1 aromatic rings. The number of carbonyl (C=O) groups excluding carboxylic acids is 3. The molecule has 13 heteroatoms. The van der Waals surface area contributed by atoms with Crippen LogP contribution in [0.25, 0.3) is 0 Å². The fourth-order valence-corrected chi connectivity index (χ4v) is 5.96. The van der Waals surface area contributed by atoms with E-state index in [0.29, 0.717) is 31.9 Å². The molecule has 2 fully saturated rings. The van der Waals surface area contributed by atoms with E-state index in [0.717, 1.165) is 4.31 Å². The zero-order chi connectivity index (χ0) is 26.7. The number of carbonyl (C=O) groups is 3. The molecule has 3 amide bonds. The average Bonchev–Trinajstić information content (AvgIpc) is 2.86. The van der Waals surface area contributed by atoms with E-state index >= 15 is 0 Å². The lowest BCUT2D eigenvalue weighted by Crippen LogP contribution is -2.57. The van der Waals surface area contributed by atoms with Gasteiger partial charge in [0.2, 0.25) is 15.9 Å². The molecule has 1 aromatic carbocycles. The lowest BCUT2D eigenvalue weighted by molar-refractivity contribution is -0.142. The van der Waals surface area contributed by atoms with Gasteiger partial charge in [0.15, 0.2) is 0 Å². The molecule has 0 aromatic heterocycles. The highest BCUT2D eigenvalue weighted by Gasteiger charge is 2.44. The standard InChI is InChI=1S/C23H34N4O8S/c1-23(2,3)35-22(30)26-13-11-25(12-14-26)21(29)16-9-10-27(19(15-16)20(28)24-31)36(32,33)18-7-5-17(34-4)6-8-18/h5-8,16,19,31H,9-15H2,1-4H3,(H,24,28)/t16-,19-/m1/s1. The maximum atomic E-state index is 13.3. The number of benzene rings is 1. The van der Waals surface area contributed by atoms with Crippen LogP contribution in [0.4, 0.5) is 4.79 Å². The normalized spacial score (nSPS) is 21.6. The van der Waals surface area contributed by atoms with Crippen molar-refractivity contribution in [2.75, 3.05) is 39.8 Å². The molecular formula is C23H34N4O8S. The molecule has 3 rings (SSSR count). The van der Waals surface area contributed by atoms with Crippen LogP contribution in [-0.4, -0.2) is 97.1 Å². The van der Waals surface area contributed by atoms with Crippen LogP contribution in [0, 0.1) is 5.92 Å². The first-order valence-corrected chi connectivity index (χ1v) is 13.2. The quantitative estimate of drug-likeness (QED) is 0.428. The van der Waals surface area contributed by atoms with Gasteiger partial charge in [0.1, 0.15) is 17.4 Å². The van der Waals surface area contributed by atoms with Crippen molar-refractivity contribution in [3.8, 4) is 5.75 Å². The second-order valence-electron chi connectivity index (χ2n) is 9.80. The number of piperidine rings is 1. The highest BCUT2D eigenvalue weighted by Crippen LogP contribution is 2.31. The van der Waals surface area contributed by atoms with Crippen molar-refractivity contribution in [1.82, 2.24) is 19.6 Å². The fraction of sp³-hybridized carbons (Fsp3) is 0.609. The van der Waals surface area contributed by atoms with E-state index in [9.17, 15) is 28.0 Å². The summed E-state index contributed by atoms with van der Waals surface area (Å²) < 4.78 is 38.0. The second kappa shape index (κ2) is 11.0. The third-order valence-corrected chi connectivity index (χ3v) is 8.15. The van der Waals surface area contributed by atoms with Gasteiger partial charge in [-0.3, -0.25) is 14.8 Å². The Labute approximate surface area is 211 Å². The van der Waals surface area contributed by atoms with E-state index in [1.165, 1.54) is 36.9 Å². The lowest BCUT2D eigenvalue weighted by Gasteiger charge is -2.40. The Bertz CT molecular complexity index is 1060. The maximum Gasteiger partial charge on any atom is 0.410 e. The van der Waals surface area contributed by atoms with Crippen LogP contribution in [0.1, 0.15) is 33.6 Å². The first kappa shape index (κ1) is 27.7. The van der Waals surface area contributed by atoms with Crippen LogP contribution in [0.15, 0.2) is 29.2 Å². The Hall–Kier alpha value is -2.90. The van der Waals surface area contributed by atoms with E-state index in [4.69, 9.17) is 9.47 Å². The highest BCUT2D eigenvalue weighted by atomic mass is 32.2. The van der Waals surface area contributed by atoms with Crippen LogP contribution >= 0.6 is 0 Å². The van der Waals surface area contributed by atoms with Crippen molar-refractivity contribution >= 4 is 27.9 Å². The summed E-state index contributed by atoms with van der Waals surface area (Å²) in [7, 11) is -2.61. The van der Waals surface area contributed by atoms with E-state index in [1.807, 2.05) is 0 Å². The van der Waals surface area contributed by atoms with Crippen molar-refractivity contribution in [1.29, 1.82) is 0 Å². The van der Waals surface area contributed by atoms with Crippen LogP contribution in [0.5, 0.6) is 5.75 Å². The largest absolute Gasteiger partial charge is 0.497 e. The summed E-state index contributed by atoms with van der Waals surface area (Å²) in [6.45, 7) is 6.51. The maximum absolute atomic E-state index is 13.3. The number of nitrogens with zero attached hydrogens (tertiary/aromatic N) is 3. The molecule has 0 saturated carbocycles. The van der Waals surface area contributed by atoms with Crippen molar-refractivity contribution in [3.63, 3.8) is 0 Å². The predicted octanol–water partition coefficient (Wildman–Crippen LogP) is 1.05. The molecule has 2 N–H and O–H groups in total. The minimum absolute atomic E-state index is 0.0259. The lowest BCUT2D eigenvalue weighted by atomic mass is 9.90. The summed E-state index contributed by atoms with van der Waals surface area (Å²) >= 11 is 0.